The molecule has 2 fully saturated rings. The lowest BCUT2D eigenvalue weighted by Crippen LogP contribution is -2.50. The molecule has 100 valence electrons. The summed E-state index contributed by atoms with van der Waals surface area (Å²) in [5.41, 5.74) is 0. The Bertz CT molecular complexity index is 225. The molecule has 4 nitrogen and oxygen atoms in total. The van der Waals surface area contributed by atoms with Crippen LogP contribution in [0, 0.1) is 0 Å². The Labute approximate surface area is 104 Å². The second-order valence-corrected chi connectivity index (χ2v) is 5.59. The summed E-state index contributed by atoms with van der Waals surface area (Å²) in [5.74, 6) is 0. The van der Waals surface area contributed by atoms with Crippen LogP contribution in [0.3, 0.4) is 0 Å². The summed E-state index contributed by atoms with van der Waals surface area (Å²) in [6.07, 6.45) is 5.54. The van der Waals surface area contributed by atoms with Crippen LogP contribution < -0.4 is 5.32 Å². The van der Waals surface area contributed by atoms with Gasteiger partial charge in [0.25, 0.3) is 0 Å². The molecule has 0 aromatic heterocycles. The summed E-state index contributed by atoms with van der Waals surface area (Å²) < 4.78 is 0. The average molecular weight is 242 g/mol. The van der Waals surface area contributed by atoms with E-state index in [1.807, 2.05) is 0 Å². The van der Waals surface area contributed by atoms with Gasteiger partial charge >= 0.3 is 0 Å². The molecule has 0 amide bonds. The van der Waals surface area contributed by atoms with Crippen molar-refractivity contribution in [3.63, 3.8) is 0 Å². The largest absolute Gasteiger partial charge is 0.394 e. The van der Waals surface area contributed by atoms with Gasteiger partial charge in [0, 0.05) is 24.7 Å². The number of hydrogen-bond acceptors (Lipinski definition) is 4. The van der Waals surface area contributed by atoms with Gasteiger partial charge in [0.2, 0.25) is 0 Å². The first kappa shape index (κ1) is 13.3. The molecule has 2 rings (SSSR count). The number of nitrogens with one attached hydrogen (secondary N) is 1. The van der Waals surface area contributed by atoms with Gasteiger partial charge in [-0.05, 0) is 38.6 Å². The van der Waals surface area contributed by atoms with Crippen LogP contribution in [0.25, 0.3) is 0 Å². The van der Waals surface area contributed by atoms with Crippen LogP contribution in [0.2, 0.25) is 0 Å². The maximum Gasteiger partial charge on any atom is 0.0897 e. The van der Waals surface area contributed by atoms with Crippen LogP contribution in [0.4, 0.5) is 0 Å². The number of aliphatic hydroxyl groups is 2. The first-order chi connectivity index (χ1) is 8.22. The quantitative estimate of drug-likeness (QED) is 0.628. The number of fused-ring (bicyclic) bond motifs is 2. The van der Waals surface area contributed by atoms with Crippen molar-refractivity contribution in [2.24, 2.45) is 0 Å². The second kappa shape index (κ2) is 6.14. The number of hydrogen-bond donors (Lipinski definition) is 3. The molecule has 17 heavy (non-hydrogen) atoms. The lowest BCUT2D eigenvalue weighted by atomic mass is 9.97. The van der Waals surface area contributed by atoms with E-state index in [-0.39, 0.29) is 6.61 Å². The fraction of sp³-hybridized carbons (Fsp3) is 1.00. The zero-order valence-electron chi connectivity index (χ0n) is 10.8. The summed E-state index contributed by atoms with van der Waals surface area (Å²) in [6.45, 7) is 3.70. The molecule has 4 heteroatoms. The van der Waals surface area contributed by atoms with E-state index in [1.165, 1.54) is 25.7 Å². The molecule has 0 spiro atoms. The maximum absolute atomic E-state index is 9.63. The summed E-state index contributed by atoms with van der Waals surface area (Å²) in [6, 6.07) is 1.96. The normalized spacial score (nSPS) is 34.2. The third-order valence-corrected chi connectivity index (χ3v) is 4.13. The highest BCUT2D eigenvalue weighted by atomic mass is 16.3. The van der Waals surface area contributed by atoms with Gasteiger partial charge in [-0.3, -0.25) is 4.90 Å². The molecule has 0 aromatic carbocycles. The van der Waals surface area contributed by atoms with Gasteiger partial charge in [0.05, 0.1) is 12.7 Å². The Morgan fingerprint density at radius 1 is 1.29 bits per heavy atom. The van der Waals surface area contributed by atoms with Crippen molar-refractivity contribution in [1.82, 2.24) is 10.2 Å². The lowest BCUT2D eigenvalue weighted by Gasteiger charge is -2.38. The Morgan fingerprint density at radius 2 is 1.94 bits per heavy atom. The summed E-state index contributed by atoms with van der Waals surface area (Å²) in [4.78, 5) is 2.38. The Morgan fingerprint density at radius 3 is 2.47 bits per heavy atom. The van der Waals surface area contributed by atoms with Crippen LogP contribution >= 0.6 is 0 Å². The van der Waals surface area contributed by atoms with Crippen molar-refractivity contribution < 1.29 is 10.2 Å². The highest BCUT2D eigenvalue weighted by Crippen LogP contribution is 2.29. The second-order valence-electron chi connectivity index (χ2n) is 5.59. The molecule has 3 N–H and O–H groups in total. The molecule has 2 bridgehead atoms. The average Bonchev–Trinajstić information content (AvgIpc) is 2.67. The molecular weight excluding hydrogens is 216 g/mol. The highest BCUT2D eigenvalue weighted by Gasteiger charge is 2.36. The molecular formula is C13H26N2O2. The Hall–Kier alpha value is -0.160. The maximum atomic E-state index is 9.63. The smallest absolute Gasteiger partial charge is 0.0897 e. The van der Waals surface area contributed by atoms with Crippen molar-refractivity contribution in [3.8, 4) is 0 Å². The molecule has 0 aromatic rings. The van der Waals surface area contributed by atoms with Crippen LogP contribution in [0.1, 0.15) is 39.0 Å². The van der Waals surface area contributed by atoms with E-state index in [2.05, 4.69) is 17.1 Å². The van der Waals surface area contributed by atoms with Gasteiger partial charge in [-0.25, -0.2) is 0 Å². The molecule has 2 saturated heterocycles. The predicted molar refractivity (Wildman–Crippen MR) is 67.9 cm³/mol. The molecule has 2 aliphatic heterocycles. The molecule has 3 atom stereocenters. The minimum atomic E-state index is -0.589. The van der Waals surface area contributed by atoms with E-state index in [1.54, 1.807) is 0 Å². The Kier molecular flexibility index (Phi) is 4.79. The molecule has 3 unspecified atom stereocenters. The SMILES string of the molecule is CCCN(CC(O)CO)C1CC2CCC(C1)N2. The van der Waals surface area contributed by atoms with Gasteiger partial charge in [0.1, 0.15) is 0 Å². The third-order valence-electron chi connectivity index (χ3n) is 4.13. The minimum absolute atomic E-state index is 0.127. The van der Waals surface area contributed by atoms with Crippen molar-refractivity contribution in [3.05, 3.63) is 0 Å². The number of rotatable bonds is 6. The van der Waals surface area contributed by atoms with E-state index >= 15 is 0 Å². The van der Waals surface area contributed by atoms with E-state index in [0.717, 1.165) is 13.0 Å². The standard InChI is InChI=1S/C13H26N2O2/c1-2-5-15(8-13(17)9-16)12-6-10-3-4-11(7-12)14-10/h10-14,16-17H,2-9H2,1H3. The van der Waals surface area contributed by atoms with Crippen LogP contribution in [-0.2, 0) is 0 Å². The van der Waals surface area contributed by atoms with E-state index in [4.69, 9.17) is 5.11 Å². The number of piperidine rings is 1. The van der Waals surface area contributed by atoms with Gasteiger partial charge < -0.3 is 15.5 Å². The first-order valence-electron chi connectivity index (χ1n) is 7.02. The van der Waals surface area contributed by atoms with Gasteiger partial charge in [-0.1, -0.05) is 6.92 Å². The van der Waals surface area contributed by atoms with Crippen molar-refractivity contribution >= 4 is 0 Å². The predicted octanol–water partition coefficient (Wildman–Crippen LogP) is 0.335. The van der Waals surface area contributed by atoms with Gasteiger partial charge in [0.15, 0.2) is 0 Å². The van der Waals surface area contributed by atoms with Crippen LogP contribution in [0.5, 0.6) is 0 Å². The summed E-state index contributed by atoms with van der Waals surface area (Å²) in [5, 5.41) is 22.2. The van der Waals surface area contributed by atoms with Crippen LogP contribution in [-0.4, -0.2) is 59.0 Å². The molecule has 0 saturated carbocycles. The number of aliphatic hydroxyl groups excluding tert-OH is 2. The Balaban J connectivity index is 1.90. The van der Waals surface area contributed by atoms with Gasteiger partial charge in [-0.15, -0.1) is 0 Å². The van der Waals surface area contributed by atoms with Crippen molar-refractivity contribution in [2.45, 2.75) is 63.3 Å². The third kappa shape index (κ3) is 3.41. The topological polar surface area (TPSA) is 55.7 Å². The first-order valence-corrected chi connectivity index (χ1v) is 7.02. The zero-order valence-corrected chi connectivity index (χ0v) is 10.8. The van der Waals surface area contributed by atoms with Crippen LogP contribution in [0.15, 0.2) is 0 Å². The molecule has 2 aliphatic rings. The molecule has 0 aliphatic carbocycles. The minimum Gasteiger partial charge on any atom is -0.394 e. The number of nitrogens with zero attached hydrogens (tertiary/aromatic N) is 1. The van der Waals surface area contributed by atoms with Crippen molar-refractivity contribution in [2.75, 3.05) is 19.7 Å². The van der Waals surface area contributed by atoms with E-state index in [9.17, 15) is 5.11 Å². The fourth-order valence-electron chi connectivity index (χ4n) is 3.36. The fourth-order valence-corrected chi connectivity index (χ4v) is 3.36. The van der Waals surface area contributed by atoms with Crippen molar-refractivity contribution in [1.29, 1.82) is 0 Å². The summed E-state index contributed by atoms with van der Waals surface area (Å²) >= 11 is 0. The molecule has 2 heterocycles. The van der Waals surface area contributed by atoms with Gasteiger partial charge in [-0.2, -0.15) is 0 Å². The lowest BCUT2D eigenvalue weighted by molar-refractivity contribution is 0.0342. The summed E-state index contributed by atoms with van der Waals surface area (Å²) in [7, 11) is 0. The monoisotopic (exact) mass is 242 g/mol. The molecule has 0 radical (unpaired) electrons. The van der Waals surface area contributed by atoms with E-state index < -0.39 is 6.10 Å². The zero-order chi connectivity index (χ0) is 12.3. The van der Waals surface area contributed by atoms with E-state index in [0.29, 0.717) is 24.7 Å². The highest BCUT2D eigenvalue weighted by molar-refractivity contribution is 4.95.